The Balaban J connectivity index is 1.65. The molecule has 0 unspecified atom stereocenters. The van der Waals surface area contributed by atoms with Gasteiger partial charge in [-0.25, -0.2) is 4.39 Å². The van der Waals surface area contributed by atoms with Gasteiger partial charge in [0.25, 0.3) is 0 Å². The zero-order chi connectivity index (χ0) is 20.6. The summed E-state index contributed by atoms with van der Waals surface area (Å²) >= 11 is 6.01. The highest BCUT2D eigenvalue weighted by atomic mass is 35.5. The summed E-state index contributed by atoms with van der Waals surface area (Å²) in [4.78, 5) is 18.2. The largest absolute Gasteiger partial charge is 0.465 e. The minimum absolute atomic E-state index is 0.112. The number of rotatable bonds is 9. The molecule has 0 saturated carbocycles. The van der Waals surface area contributed by atoms with Crippen LogP contribution in [0.15, 0.2) is 53.1 Å². The maximum absolute atomic E-state index is 13.1. The second kappa shape index (κ2) is 10.1. The van der Waals surface area contributed by atoms with Gasteiger partial charge in [0.2, 0.25) is 11.7 Å². The number of aromatic nitrogens is 2. The highest BCUT2D eigenvalue weighted by Gasteiger charge is 2.15. The first-order valence-electron chi connectivity index (χ1n) is 9.24. The van der Waals surface area contributed by atoms with E-state index in [1.807, 2.05) is 17.0 Å². The molecule has 6 nitrogen and oxygen atoms in total. The van der Waals surface area contributed by atoms with Gasteiger partial charge in [0, 0.05) is 30.1 Å². The fraction of sp³-hybridized carbons (Fsp3) is 0.286. The van der Waals surface area contributed by atoms with Crippen molar-refractivity contribution < 1.29 is 18.4 Å². The lowest BCUT2D eigenvalue weighted by Crippen LogP contribution is -2.32. The molecule has 3 aromatic rings. The molecular weight excluding hydrogens is 397 g/mol. The number of nitrogens with zero attached hydrogens (tertiary/aromatic N) is 3. The molecule has 1 heterocycles. The van der Waals surface area contributed by atoms with Gasteiger partial charge in [-0.1, -0.05) is 41.0 Å². The third-order valence-electron chi connectivity index (χ3n) is 4.17. The summed E-state index contributed by atoms with van der Waals surface area (Å²) in [6.45, 7) is 3.15. The van der Waals surface area contributed by atoms with Crippen molar-refractivity contribution in [2.75, 3.05) is 19.7 Å². The lowest BCUT2D eigenvalue weighted by molar-refractivity contribution is -0.144. The molecule has 0 saturated heterocycles. The average molecular weight is 418 g/mol. The van der Waals surface area contributed by atoms with Crippen LogP contribution in [0.3, 0.4) is 0 Å². The SMILES string of the molecule is CCOC(=O)CN(CCc1nc(-c2cccc(Cl)c2)no1)Cc1ccc(F)cc1. The van der Waals surface area contributed by atoms with Crippen LogP contribution in [0.2, 0.25) is 5.02 Å². The van der Waals surface area contributed by atoms with E-state index in [0.717, 1.165) is 11.1 Å². The summed E-state index contributed by atoms with van der Waals surface area (Å²) in [5.74, 6) is 0.288. The van der Waals surface area contributed by atoms with Crippen LogP contribution in [-0.2, 0) is 22.5 Å². The standard InChI is InChI=1S/C21H21ClFN3O3/c1-2-28-20(27)14-26(13-15-6-8-18(23)9-7-15)11-10-19-24-21(25-29-19)16-4-3-5-17(22)12-16/h3-9,12H,2,10-11,13-14H2,1H3. The minimum Gasteiger partial charge on any atom is -0.465 e. The number of carbonyl (C=O) groups is 1. The van der Waals surface area contributed by atoms with Gasteiger partial charge in [-0.05, 0) is 36.8 Å². The Morgan fingerprint density at radius 2 is 2.03 bits per heavy atom. The molecule has 8 heteroatoms. The molecule has 29 heavy (non-hydrogen) atoms. The quantitative estimate of drug-likeness (QED) is 0.487. The summed E-state index contributed by atoms with van der Waals surface area (Å²) in [5, 5.41) is 4.58. The summed E-state index contributed by atoms with van der Waals surface area (Å²) in [6, 6.07) is 13.4. The van der Waals surface area contributed by atoms with Gasteiger partial charge < -0.3 is 9.26 Å². The number of hydrogen-bond acceptors (Lipinski definition) is 6. The lowest BCUT2D eigenvalue weighted by Gasteiger charge is -2.20. The van der Waals surface area contributed by atoms with Gasteiger partial charge in [0.15, 0.2) is 0 Å². The van der Waals surface area contributed by atoms with Gasteiger partial charge in [-0.3, -0.25) is 9.69 Å². The molecular formula is C21H21ClFN3O3. The van der Waals surface area contributed by atoms with Crippen molar-refractivity contribution in [3.63, 3.8) is 0 Å². The van der Waals surface area contributed by atoms with E-state index in [-0.39, 0.29) is 18.3 Å². The smallest absolute Gasteiger partial charge is 0.320 e. The first-order valence-corrected chi connectivity index (χ1v) is 9.62. The van der Waals surface area contributed by atoms with E-state index < -0.39 is 0 Å². The van der Waals surface area contributed by atoms with Crippen LogP contribution in [0.5, 0.6) is 0 Å². The third kappa shape index (κ3) is 6.37. The van der Waals surface area contributed by atoms with Crippen molar-refractivity contribution in [3.05, 3.63) is 70.8 Å². The summed E-state index contributed by atoms with van der Waals surface area (Å²) in [7, 11) is 0. The Hall–Kier alpha value is -2.77. The van der Waals surface area contributed by atoms with Crippen LogP contribution < -0.4 is 0 Å². The van der Waals surface area contributed by atoms with Crippen LogP contribution in [0.4, 0.5) is 4.39 Å². The van der Waals surface area contributed by atoms with Gasteiger partial charge in [-0.15, -0.1) is 0 Å². The molecule has 0 fully saturated rings. The molecule has 0 radical (unpaired) electrons. The number of benzene rings is 2. The van der Waals surface area contributed by atoms with E-state index >= 15 is 0 Å². The van der Waals surface area contributed by atoms with Crippen molar-refractivity contribution in [3.8, 4) is 11.4 Å². The number of carbonyl (C=O) groups excluding carboxylic acids is 1. The summed E-state index contributed by atoms with van der Waals surface area (Å²) in [5.41, 5.74) is 1.66. The van der Waals surface area contributed by atoms with Crippen molar-refractivity contribution in [2.24, 2.45) is 0 Å². The Morgan fingerprint density at radius 1 is 1.24 bits per heavy atom. The molecule has 0 amide bonds. The predicted molar refractivity (Wildman–Crippen MR) is 107 cm³/mol. The highest BCUT2D eigenvalue weighted by Crippen LogP contribution is 2.20. The molecule has 152 valence electrons. The van der Waals surface area contributed by atoms with E-state index in [4.69, 9.17) is 20.9 Å². The van der Waals surface area contributed by atoms with E-state index in [2.05, 4.69) is 10.1 Å². The number of ether oxygens (including phenoxy) is 1. The zero-order valence-electron chi connectivity index (χ0n) is 16.0. The van der Waals surface area contributed by atoms with Gasteiger partial charge in [0.05, 0.1) is 13.2 Å². The second-order valence-corrected chi connectivity index (χ2v) is 6.85. The first-order chi connectivity index (χ1) is 14.0. The van der Waals surface area contributed by atoms with E-state index in [1.54, 1.807) is 31.2 Å². The maximum Gasteiger partial charge on any atom is 0.320 e. The van der Waals surface area contributed by atoms with Gasteiger partial charge in [-0.2, -0.15) is 4.98 Å². The minimum atomic E-state index is -0.320. The Morgan fingerprint density at radius 3 is 2.76 bits per heavy atom. The van der Waals surface area contributed by atoms with Crippen molar-refractivity contribution in [1.29, 1.82) is 0 Å². The van der Waals surface area contributed by atoms with Crippen molar-refractivity contribution in [2.45, 2.75) is 19.9 Å². The number of halogens is 2. The lowest BCUT2D eigenvalue weighted by atomic mass is 10.2. The fourth-order valence-electron chi connectivity index (χ4n) is 2.81. The van der Waals surface area contributed by atoms with E-state index in [9.17, 15) is 9.18 Å². The molecule has 0 aliphatic carbocycles. The fourth-order valence-corrected chi connectivity index (χ4v) is 3.00. The third-order valence-corrected chi connectivity index (χ3v) is 4.41. The van der Waals surface area contributed by atoms with E-state index in [0.29, 0.717) is 42.9 Å². The van der Waals surface area contributed by atoms with Crippen LogP contribution in [0.1, 0.15) is 18.4 Å². The van der Waals surface area contributed by atoms with Crippen LogP contribution in [0, 0.1) is 5.82 Å². The number of esters is 1. The maximum atomic E-state index is 13.1. The molecule has 0 spiro atoms. The molecule has 0 aliphatic heterocycles. The van der Waals surface area contributed by atoms with E-state index in [1.165, 1.54) is 12.1 Å². The Bertz CT molecular complexity index is 946. The van der Waals surface area contributed by atoms with Gasteiger partial charge >= 0.3 is 5.97 Å². The normalized spacial score (nSPS) is 11.0. The summed E-state index contributed by atoms with van der Waals surface area (Å²) < 4.78 is 23.5. The highest BCUT2D eigenvalue weighted by molar-refractivity contribution is 6.30. The Labute approximate surface area is 173 Å². The molecule has 0 N–H and O–H groups in total. The van der Waals surface area contributed by atoms with Crippen LogP contribution in [0.25, 0.3) is 11.4 Å². The molecule has 0 atom stereocenters. The van der Waals surface area contributed by atoms with Crippen molar-refractivity contribution >= 4 is 17.6 Å². The molecule has 2 aromatic carbocycles. The Kier molecular flexibility index (Phi) is 7.32. The molecule has 3 rings (SSSR count). The second-order valence-electron chi connectivity index (χ2n) is 6.41. The zero-order valence-corrected chi connectivity index (χ0v) is 16.7. The number of hydrogen-bond donors (Lipinski definition) is 0. The summed E-state index contributed by atoms with van der Waals surface area (Å²) in [6.07, 6.45) is 0.453. The molecule has 0 aliphatic rings. The monoisotopic (exact) mass is 417 g/mol. The van der Waals surface area contributed by atoms with Crippen molar-refractivity contribution in [1.82, 2.24) is 15.0 Å². The average Bonchev–Trinajstić information content (AvgIpc) is 3.17. The predicted octanol–water partition coefficient (Wildman–Crippen LogP) is 4.14. The van der Waals surface area contributed by atoms with Crippen LogP contribution >= 0.6 is 11.6 Å². The molecule has 1 aromatic heterocycles. The van der Waals surface area contributed by atoms with Gasteiger partial charge in [0.1, 0.15) is 5.82 Å². The van der Waals surface area contributed by atoms with Crippen LogP contribution in [-0.4, -0.2) is 40.7 Å². The first kappa shape index (κ1) is 21.0. The molecule has 0 bridgehead atoms. The topological polar surface area (TPSA) is 68.5 Å².